The number of halogens is 3. The van der Waals surface area contributed by atoms with E-state index in [1.165, 1.54) is 24.5 Å². The van der Waals surface area contributed by atoms with E-state index in [1.54, 1.807) is 31.2 Å². The van der Waals surface area contributed by atoms with Gasteiger partial charge in [0.25, 0.3) is 0 Å². The minimum Gasteiger partial charge on any atom is -0.206 e. The number of hydrogen-bond acceptors (Lipinski definition) is 0. The fourth-order valence-corrected chi connectivity index (χ4v) is 4.77. The summed E-state index contributed by atoms with van der Waals surface area (Å²) in [5, 5.41) is 0.0531. The predicted molar refractivity (Wildman–Crippen MR) is 123 cm³/mol. The van der Waals surface area contributed by atoms with Crippen LogP contribution in [0.4, 0.5) is 13.2 Å². The molecule has 1 saturated carbocycles. The van der Waals surface area contributed by atoms with Crippen molar-refractivity contribution in [1.29, 1.82) is 0 Å². The van der Waals surface area contributed by atoms with Crippen LogP contribution < -0.4 is 0 Å². The highest BCUT2D eigenvalue weighted by Crippen LogP contribution is 2.38. The van der Waals surface area contributed by atoms with E-state index in [9.17, 15) is 13.2 Å². The number of fused-ring (bicyclic) bond motifs is 1. The predicted octanol–water partition coefficient (Wildman–Crippen LogP) is 8.81. The fourth-order valence-electron chi connectivity index (χ4n) is 4.77. The Kier molecular flexibility index (Phi) is 6.31. The molecule has 160 valence electrons. The topological polar surface area (TPSA) is 0 Å². The van der Waals surface area contributed by atoms with Gasteiger partial charge in [0, 0.05) is 11.1 Å². The molecule has 0 radical (unpaired) electrons. The molecule has 0 atom stereocenters. The summed E-state index contributed by atoms with van der Waals surface area (Å²) in [6, 6.07) is 12.5. The van der Waals surface area contributed by atoms with E-state index in [0.717, 1.165) is 12.8 Å². The second-order valence-corrected chi connectivity index (χ2v) is 8.38. The molecule has 1 aliphatic carbocycles. The first-order chi connectivity index (χ1) is 15.0. The van der Waals surface area contributed by atoms with Gasteiger partial charge in [-0.2, -0.15) is 0 Å². The van der Waals surface area contributed by atoms with Crippen molar-refractivity contribution in [3.05, 3.63) is 89.3 Å². The summed E-state index contributed by atoms with van der Waals surface area (Å²) < 4.78 is 44.5. The molecule has 3 aromatic carbocycles. The number of rotatable bonds is 4. The second kappa shape index (κ2) is 9.13. The van der Waals surface area contributed by atoms with Gasteiger partial charge in [0.1, 0.15) is 5.82 Å². The van der Waals surface area contributed by atoms with Crippen LogP contribution in [0.3, 0.4) is 0 Å². The van der Waals surface area contributed by atoms with Crippen molar-refractivity contribution in [2.24, 2.45) is 5.92 Å². The van der Waals surface area contributed by atoms with Gasteiger partial charge in [-0.1, -0.05) is 60.7 Å². The molecule has 0 N–H and O–H groups in total. The van der Waals surface area contributed by atoms with Crippen molar-refractivity contribution >= 4 is 16.8 Å². The highest BCUT2D eigenvalue weighted by atomic mass is 19.2. The van der Waals surface area contributed by atoms with Gasteiger partial charge in [0.15, 0.2) is 11.6 Å². The Morgan fingerprint density at radius 2 is 1.48 bits per heavy atom. The smallest absolute Gasteiger partial charge is 0.170 e. The van der Waals surface area contributed by atoms with Crippen molar-refractivity contribution in [3.8, 4) is 11.1 Å². The Morgan fingerprint density at radius 1 is 0.774 bits per heavy atom. The first-order valence-electron chi connectivity index (χ1n) is 11.0. The summed E-state index contributed by atoms with van der Waals surface area (Å²) in [5.41, 5.74) is 2.25. The molecule has 3 heteroatoms. The zero-order valence-electron chi connectivity index (χ0n) is 18.0. The average Bonchev–Trinajstić information content (AvgIpc) is 2.79. The zero-order valence-corrected chi connectivity index (χ0v) is 18.0. The van der Waals surface area contributed by atoms with Gasteiger partial charge < -0.3 is 0 Å². The maximum Gasteiger partial charge on any atom is 0.170 e. The van der Waals surface area contributed by atoms with E-state index in [4.69, 9.17) is 0 Å². The summed E-state index contributed by atoms with van der Waals surface area (Å²) in [6.07, 6.45) is 12.3. The minimum atomic E-state index is -1.14. The number of benzene rings is 3. The van der Waals surface area contributed by atoms with Crippen LogP contribution in [-0.4, -0.2) is 0 Å². The number of allylic oxidation sites excluding steroid dienone is 3. The van der Waals surface area contributed by atoms with Crippen LogP contribution in [0, 0.1) is 23.4 Å². The van der Waals surface area contributed by atoms with Gasteiger partial charge in [-0.3, -0.25) is 0 Å². The molecule has 0 saturated heterocycles. The van der Waals surface area contributed by atoms with Crippen molar-refractivity contribution in [2.75, 3.05) is 0 Å². The van der Waals surface area contributed by atoms with Crippen LogP contribution in [0.5, 0.6) is 0 Å². The highest BCUT2D eigenvalue weighted by Gasteiger charge is 2.22. The van der Waals surface area contributed by atoms with Gasteiger partial charge in [-0.25, -0.2) is 13.2 Å². The van der Waals surface area contributed by atoms with Crippen LogP contribution in [0.2, 0.25) is 0 Å². The maximum absolute atomic E-state index is 14.9. The van der Waals surface area contributed by atoms with Gasteiger partial charge in [-0.05, 0) is 73.9 Å². The SMILES string of the molecule is C/C=C/c1ccc2cc(-c3ccc(C4CCC(/C=C/C)CC4)cc3)c(F)c(F)c2c1F. The summed E-state index contributed by atoms with van der Waals surface area (Å²) in [7, 11) is 0. The van der Waals surface area contributed by atoms with Crippen LogP contribution in [-0.2, 0) is 0 Å². The zero-order chi connectivity index (χ0) is 22.0. The lowest BCUT2D eigenvalue weighted by molar-refractivity contribution is 0.376. The van der Waals surface area contributed by atoms with Crippen molar-refractivity contribution in [2.45, 2.75) is 45.4 Å². The largest absolute Gasteiger partial charge is 0.206 e. The highest BCUT2D eigenvalue weighted by molar-refractivity contribution is 5.90. The normalized spacial score (nSPS) is 19.6. The monoisotopic (exact) mass is 420 g/mol. The van der Waals surface area contributed by atoms with E-state index in [1.807, 2.05) is 24.3 Å². The molecular weight excluding hydrogens is 393 g/mol. The first-order valence-corrected chi connectivity index (χ1v) is 11.0. The molecule has 0 bridgehead atoms. The van der Waals surface area contributed by atoms with Crippen molar-refractivity contribution in [1.82, 2.24) is 0 Å². The molecule has 0 nitrogen and oxygen atoms in total. The lowest BCUT2D eigenvalue weighted by Gasteiger charge is -2.27. The van der Waals surface area contributed by atoms with Crippen molar-refractivity contribution in [3.63, 3.8) is 0 Å². The van der Waals surface area contributed by atoms with E-state index < -0.39 is 17.5 Å². The Bertz CT molecular complexity index is 1130. The van der Waals surface area contributed by atoms with Crippen LogP contribution >= 0.6 is 0 Å². The second-order valence-electron chi connectivity index (χ2n) is 8.38. The third-order valence-corrected chi connectivity index (χ3v) is 6.43. The third kappa shape index (κ3) is 4.19. The summed E-state index contributed by atoms with van der Waals surface area (Å²) in [4.78, 5) is 0. The van der Waals surface area contributed by atoms with Gasteiger partial charge in [-0.15, -0.1) is 0 Å². The molecule has 31 heavy (non-hydrogen) atoms. The summed E-state index contributed by atoms with van der Waals surface area (Å²) in [6.45, 7) is 3.82. The van der Waals surface area contributed by atoms with Crippen LogP contribution in [0.15, 0.2) is 60.7 Å². The van der Waals surface area contributed by atoms with Gasteiger partial charge >= 0.3 is 0 Å². The van der Waals surface area contributed by atoms with Crippen LogP contribution in [0.1, 0.15) is 56.6 Å². The summed E-state index contributed by atoms with van der Waals surface area (Å²) in [5.74, 6) is -1.70. The fraction of sp³-hybridized carbons (Fsp3) is 0.286. The Morgan fingerprint density at radius 3 is 2.13 bits per heavy atom. The minimum absolute atomic E-state index is 0.159. The Labute approximate surface area is 182 Å². The first kappa shape index (κ1) is 21.4. The molecule has 0 heterocycles. The van der Waals surface area contributed by atoms with E-state index in [2.05, 4.69) is 19.1 Å². The Balaban J connectivity index is 1.65. The number of hydrogen-bond donors (Lipinski definition) is 0. The van der Waals surface area contributed by atoms with Gasteiger partial charge in [0.2, 0.25) is 0 Å². The molecule has 1 aliphatic rings. The molecule has 0 aromatic heterocycles. The van der Waals surface area contributed by atoms with Crippen molar-refractivity contribution < 1.29 is 13.2 Å². The Hall–Kier alpha value is -2.81. The quantitative estimate of drug-likeness (QED) is 0.370. The molecule has 0 spiro atoms. The molecule has 0 unspecified atom stereocenters. The van der Waals surface area contributed by atoms with Crippen LogP contribution in [0.25, 0.3) is 28.0 Å². The third-order valence-electron chi connectivity index (χ3n) is 6.43. The average molecular weight is 421 g/mol. The molecule has 0 aliphatic heterocycles. The van der Waals surface area contributed by atoms with E-state index in [0.29, 0.717) is 22.8 Å². The lowest BCUT2D eigenvalue weighted by atomic mass is 9.78. The molecule has 1 fully saturated rings. The standard InChI is InChI=1S/C28H27F3/c1-3-5-18-7-9-19(10-8-18)20-11-13-21(14-12-20)24-17-23-16-15-22(6-4-2)26(29)25(23)28(31)27(24)30/h3-6,11-19H,7-10H2,1-2H3/b5-3+,6-4+. The molecular formula is C28H27F3. The lowest BCUT2D eigenvalue weighted by Crippen LogP contribution is -2.11. The molecule has 0 amide bonds. The summed E-state index contributed by atoms with van der Waals surface area (Å²) >= 11 is 0. The van der Waals surface area contributed by atoms with Gasteiger partial charge in [0.05, 0.1) is 5.39 Å². The maximum atomic E-state index is 14.9. The molecule has 3 aromatic rings. The van der Waals surface area contributed by atoms with E-state index in [-0.39, 0.29) is 16.5 Å². The van der Waals surface area contributed by atoms with E-state index >= 15 is 0 Å². The molecule has 4 rings (SSSR count).